The molecule has 0 fully saturated rings. The summed E-state index contributed by atoms with van der Waals surface area (Å²) in [6.45, 7) is 1.85. The van der Waals surface area contributed by atoms with Gasteiger partial charge in [-0.05, 0) is 18.6 Å². The molecule has 0 aromatic carbocycles. The molecule has 0 aliphatic rings. The van der Waals surface area contributed by atoms with Crippen molar-refractivity contribution in [2.75, 3.05) is 0 Å². The maximum atomic E-state index is 12.1. The van der Waals surface area contributed by atoms with Gasteiger partial charge in [0.1, 0.15) is 16.5 Å². The summed E-state index contributed by atoms with van der Waals surface area (Å²) in [6, 6.07) is 5.03. The molecule has 3 rings (SSSR count). The lowest BCUT2D eigenvalue weighted by Crippen LogP contribution is -2.24. The molecule has 0 atom stereocenters. The van der Waals surface area contributed by atoms with Gasteiger partial charge < -0.3 is 4.57 Å². The second-order valence-corrected chi connectivity index (χ2v) is 5.06. The van der Waals surface area contributed by atoms with E-state index >= 15 is 0 Å². The van der Waals surface area contributed by atoms with Crippen LogP contribution in [-0.4, -0.2) is 24.1 Å². The van der Waals surface area contributed by atoms with Crippen LogP contribution in [0.25, 0.3) is 5.65 Å². The summed E-state index contributed by atoms with van der Waals surface area (Å²) in [5.41, 5.74) is 0.306. The number of aromatic nitrogens is 4. The summed E-state index contributed by atoms with van der Waals surface area (Å²) in [4.78, 5) is 26.6. The quantitative estimate of drug-likeness (QED) is 0.417. The average molecular weight is 320 g/mol. The van der Waals surface area contributed by atoms with Crippen LogP contribution in [0, 0.1) is 17.0 Å². The van der Waals surface area contributed by atoms with Crippen LogP contribution in [0.3, 0.4) is 0 Å². The maximum Gasteiger partial charge on any atom is 0.354 e. The highest BCUT2D eigenvalue weighted by atomic mass is 35.5. The van der Waals surface area contributed by atoms with Gasteiger partial charge in [-0.3, -0.25) is 14.9 Å². The smallest absolute Gasteiger partial charge is 0.319 e. The van der Waals surface area contributed by atoms with Gasteiger partial charge >= 0.3 is 11.2 Å². The van der Waals surface area contributed by atoms with Gasteiger partial charge in [0.25, 0.3) is 0 Å². The maximum absolute atomic E-state index is 12.1. The van der Waals surface area contributed by atoms with Crippen molar-refractivity contribution in [2.24, 2.45) is 0 Å². The van der Waals surface area contributed by atoms with Crippen molar-refractivity contribution in [3.8, 4) is 0 Å². The zero-order chi connectivity index (χ0) is 15.9. The van der Waals surface area contributed by atoms with Crippen molar-refractivity contribution < 1.29 is 4.92 Å². The molecule has 112 valence electrons. The van der Waals surface area contributed by atoms with E-state index in [0.29, 0.717) is 17.3 Å². The number of hydrogen-bond donors (Lipinski definition) is 0. The van der Waals surface area contributed by atoms with Gasteiger partial charge in [-0.25, -0.2) is 4.98 Å². The summed E-state index contributed by atoms with van der Waals surface area (Å²) in [7, 11) is 0. The molecule has 3 aromatic rings. The van der Waals surface area contributed by atoms with E-state index in [2.05, 4.69) is 10.1 Å². The highest BCUT2D eigenvalue weighted by molar-refractivity contribution is 6.29. The number of hydrogen-bond acceptors (Lipinski definition) is 5. The fourth-order valence-corrected chi connectivity index (χ4v) is 2.42. The Morgan fingerprint density at radius 1 is 1.36 bits per heavy atom. The van der Waals surface area contributed by atoms with Crippen LogP contribution in [0.1, 0.15) is 11.3 Å². The molecule has 0 radical (unpaired) electrons. The van der Waals surface area contributed by atoms with Crippen LogP contribution in [-0.2, 0) is 6.54 Å². The third kappa shape index (κ3) is 2.23. The predicted molar refractivity (Wildman–Crippen MR) is 79.2 cm³/mol. The molecular formula is C13H10ClN5O3. The average Bonchev–Trinajstić information content (AvgIpc) is 2.95. The highest BCUT2D eigenvalue weighted by Gasteiger charge is 2.23. The molecule has 22 heavy (non-hydrogen) atoms. The Morgan fingerprint density at radius 3 is 2.77 bits per heavy atom. The molecule has 0 unspecified atom stereocenters. The fourth-order valence-electron chi connectivity index (χ4n) is 2.30. The molecule has 0 saturated carbocycles. The summed E-state index contributed by atoms with van der Waals surface area (Å²) in [5.74, 6) is 0. The normalized spacial score (nSPS) is 11.0. The van der Waals surface area contributed by atoms with E-state index in [1.54, 1.807) is 29.0 Å². The first-order valence-electron chi connectivity index (χ1n) is 6.31. The van der Waals surface area contributed by atoms with Crippen LogP contribution in [0.4, 0.5) is 5.69 Å². The first-order valence-corrected chi connectivity index (χ1v) is 6.69. The van der Waals surface area contributed by atoms with Crippen molar-refractivity contribution in [1.82, 2.24) is 19.2 Å². The van der Waals surface area contributed by atoms with Gasteiger partial charge in [0, 0.05) is 12.3 Å². The fraction of sp³-hybridized carbons (Fsp3) is 0.154. The van der Waals surface area contributed by atoms with Crippen molar-refractivity contribution >= 4 is 22.9 Å². The van der Waals surface area contributed by atoms with Crippen LogP contribution in [0.2, 0.25) is 5.15 Å². The van der Waals surface area contributed by atoms with Crippen LogP contribution in [0.15, 0.2) is 35.4 Å². The molecule has 0 amide bonds. The third-order valence-corrected chi connectivity index (χ3v) is 3.58. The Hall–Kier alpha value is -2.74. The molecule has 0 bridgehead atoms. The van der Waals surface area contributed by atoms with Gasteiger partial charge in [-0.2, -0.15) is 9.61 Å². The zero-order valence-corrected chi connectivity index (χ0v) is 12.2. The molecular weight excluding hydrogens is 310 g/mol. The van der Waals surface area contributed by atoms with Crippen LogP contribution in [0.5, 0.6) is 0 Å². The molecule has 0 spiro atoms. The summed E-state index contributed by atoms with van der Waals surface area (Å²) in [5, 5.41) is 15.4. The lowest BCUT2D eigenvalue weighted by molar-refractivity contribution is -0.387. The molecule has 0 N–H and O–H groups in total. The Labute approximate surface area is 128 Å². The lowest BCUT2D eigenvalue weighted by Gasteiger charge is -2.12. The Kier molecular flexibility index (Phi) is 3.38. The largest absolute Gasteiger partial charge is 0.354 e. The molecule has 0 saturated heterocycles. The number of rotatable bonds is 3. The molecule has 9 heteroatoms. The summed E-state index contributed by atoms with van der Waals surface area (Å²) < 4.78 is 2.67. The van der Waals surface area contributed by atoms with Gasteiger partial charge in [0.05, 0.1) is 17.7 Å². The van der Waals surface area contributed by atoms with Crippen molar-refractivity contribution in [1.29, 1.82) is 0 Å². The number of nitrogens with zero attached hydrogens (tertiary/aromatic N) is 5. The second kappa shape index (κ2) is 5.23. The minimum atomic E-state index is -0.743. The van der Waals surface area contributed by atoms with E-state index in [0.717, 1.165) is 10.1 Å². The van der Waals surface area contributed by atoms with E-state index in [1.807, 2.05) is 0 Å². The summed E-state index contributed by atoms with van der Waals surface area (Å²) >= 11 is 5.75. The van der Waals surface area contributed by atoms with E-state index in [4.69, 9.17) is 11.6 Å². The second-order valence-electron chi connectivity index (χ2n) is 4.67. The number of halogens is 1. The van der Waals surface area contributed by atoms with E-state index in [1.165, 1.54) is 13.1 Å². The Bertz CT molecular complexity index is 929. The predicted octanol–water partition coefficient (Wildman–Crippen LogP) is 1.81. The third-order valence-electron chi connectivity index (χ3n) is 3.35. The number of pyridine rings is 1. The first kappa shape index (κ1) is 14.2. The molecule has 3 aromatic heterocycles. The monoisotopic (exact) mass is 319 g/mol. The molecule has 8 nitrogen and oxygen atoms in total. The SMILES string of the molecule is Cc1c([N+](=O)[O-])c(=O)n2nccc2n1Cc1ccc(Cl)nc1. The van der Waals surface area contributed by atoms with Gasteiger partial charge in [-0.1, -0.05) is 17.7 Å². The first-order chi connectivity index (χ1) is 10.5. The van der Waals surface area contributed by atoms with E-state index in [-0.39, 0.29) is 5.69 Å². The topological polar surface area (TPSA) is 95.3 Å². The Morgan fingerprint density at radius 2 is 2.14 bits per heavy atom. The minimum Gasteiger partial charge on any atom is -0.319 e. The standard InChI is InChI=1S/C13H10ClN5O3/c1-8-12(19(21)22)13(20)18-11(4-5-16-18)17(8)7-9-2-3-10(14)15-6-9/h2-6H,7H2,1H3. The van der Waals surface area contributed by atoms with Crippen LogP contribution < -0.4 is 5.56 Å². The van der Waals surface area contributed by atoms with Gasteiger partial charge in [0.15, 0.2) is 0 Å². The van der Waals surface area contributed by atoms with Crippen molar-refractivity contribution in [2.45, 2.75) is 13.5 Å². The molecule has 0 aliphatic carbocycles. The number of nitro groups is 1. The molecule has 3 heterocycles. The summed E-state index contributed by atoms with van der Waals surface area (Å²) in [6.07, 6.45) is 3.01. The lowest BCUT2D eigenvalue weighted by atomic mass is 10.2. The van der Waals surface area contributed by atoms with Crippen molar-refractivity contribution in [3.63, 3.8) is 0 Å². The van der Waals surface area contributed by atoms with Crippen LogP contribution >= 0.6 is 11.6 Å². The molecule has 0 aliphatic heterocycles. The zero-order valence-electron chi connectivity index (χ0n) is 11.4. The highest BCUT2D eigenvalue weighted by Crippen LogP contribution is 2.17. The van der Waals surface area contributed by atoms with E-state index in [9.17, 15) is 14.9 Å². The minimum absolute atomic E-state index is 0.262. The van der Waals surface area contributed by atoms with E-state index < -0.39 is 16.2 Å². The van der Waals surface area contributed by atoms with Gasteiger partial charge in [0.2, 0.25) is 0 Å². The Balaban J connectivity index is 2.24. The number of fused-ring (bicyclic) bond motifs is 1. The van der Waals surface area contributed by atoms with Gasteiger partial charge in [-0.15, -0.1) is 0 Å². The van der Waals surface area contributed by atoms with Crippen molar-refractivity contribution in [3.05, 3.63) is 67.5 Å².